The zero-order valence-electron chi connectivity index (χ0n) is 9.23. The maximum Gasteiger partial charge on any atom is 0.152 e. The first-order valence-electron chi connectivity index (χ1n) is 5.30. The normalized spacial score (nSPS) is 23.2. The van der Waals surface area contributed by atoms with Crippen molar-refractivity contribution in [3.63, 3.8) is 0 Å². The zero-order chi connectivity index (χ0) is 11.8. The maximum atomic E-state index is 11.3. The molecule has 0 saturated carbocycles. The van der Waals surface area contributed by atoms with Gasteiger partial charge in [-0.2, -0.15) is 0 Å². The number of rotatable bonds is 2. The Morgan fingerprint density at radius 3 is 2.81 bits per heavy atom. The Morgan fingerprint density at radius 2 is 2.19 bits per heavy atom. The Morgan fingerprint density at radius 1 is 1.44 bits per heavy atom. The Bertz CT molecular complexity index is 497. The van der Waals surface area contributed by atoms with Gasteiger partial charge in [-0.25, -0.2) is 8.42 Å². The quantitative estimate of drug-likeness (QED) is 0.761. The van der Waals surface area contributed by atoms with Crippen LogP contribution in [-0.2, 0) is 9.84 Å². The highest BCUT2D eigenvalue weighted by Crippen LogP contribution is 2.23. The summed E-state index contributed by atoms with van der Waals surface area (Å²) in [5, 5.41) is 3.25. The summed E-state index contributed by atoms with van der Waals surface area (Å²) in [5.74, 6) is 0.507. The molecule has 1 fully saturated rings. The average molecular weight is 240 g/mol. The second-order valence-electron chi connectivity index (χ2n) is 4.26. The second-order valence-corrected chi connectivity index (χ2v) is 6.49. The van der Waals surface area contributed by atoms with Gasteiger partial charge in [0, 0.05) is 17.4 Å². The zero-order valence-corrected chi connectivity index (χ0v) is 10.0. The summed E-state index contributed by atoms with van der Waals surface area (Å²) in [6.07, 6.45) is 0.677. The van der Waals surface area contributed by atoms with Crippen molar-refractivity contribution in [1.82, 2.24) is 0 Å². The molecule has 1 aliphatic heterocycles. The van der Waals surface area contributed by atoms with Crippen LogP contribution in [-0.4, -0.2) is 26.0 Å². The summed E-state index contributed by atoms with van der Waals surface area (Å²) in [5.41, 5.74) is 8.43. The SMILES string of the molecule is Cc1c(N)cccc1NC1CCS(=O)(=O)C1. The minimum absolute atomic E-state index is 0.0190. The summed E-state index contributed by atoms with van der Waals surface area (Å²) in [6, 6.07) is 5.65. The molecule has 1 saturated heterocycles. The van der Waals surface area contributed by atoms with E-state index < -0.39 is 9.84 Å². The lowest BCUT2D eigenvalue weighted by Crippen LogP contribution is -2.21. The largest absolute Gasteiger partial charge is 0.398 e. The number of hydrogen-bond donors (Lipinski definition) is 2. The molecule has 0 aliphatic carbocycles. The van der Waals surface area contributed by atoms with Gasteiger partial charge < -0.3 is 11.1 Å². The lowest BCUT2D eigenvalue weighted by Gasteiger charge is -2.15. The van der Waals surface area contributed by atoms with Gasteiger partial charge in [0.05, 0.1) is 11.5 Å². The summed E-state index contributed by atoms with van der Waals surface area (Å²) >= 11 is 0. The van der Waals surface area contributed by atoms with Crippen LogP contribution in [0.5, 0.6) is 0 Å². The van der Waals surface area contributed by atoms with Crippen LogP contribution in [0.2, 0.25) is 0 Å². The van der Waals surface area contributed by atoms with E-state index in [0.29, 0.717) is 6.42 Å². The summed E-state index contributed by atoms with van der Waals surface area (Å²) < 4.78 is 22.6. The number of hydrogen-bond acceptors (Lipinski definition) is 4. The monoisotopic (exact) mass is 240 g/mol. The van der Waals surface area contributed by atoms with Crippen molar-refractivity contribution in [2.45, 2.75) is 19.4 Å². The molecule has 0 aromatic heterocycles. The number of nitrogen functional groups attached to an aromatic ring is 1. The molecule has 0 radical (unpaired) electrons. The van der Waals surface area contributed by atoms with E-state index >= 15 is 0 Å². The molecule has 0 bridgehead atoms. The van der Waals surface area contributed by atoms with Crippen LogP contribution < -0.4 is 11.1 Å². The predicted octanol–water partition coefficient (Wildman–Crippen LogP) is 1.18. The highest BCUT2D eigenvalue weighted by atomic mass is 32.2. The van der Waals surface area contributed by atoms with Crippen molar-refractivity contribution in [3.05, 3.63) is 23.8 Å². The van der Waals surface area contributed by atoms with Crippen molar-refractivity contribution in [2.24, 2.45) is 0 Å². The maximum absolute atomic E-state index is 11.3. The molecular weight excluding hydrogens is 224 g/mol. The molecule has 1 aromatic rings. The molecular formula is C11H16N2O2S. The Hall–Kier alpha value is -1.23. The van der Waals surface area contributed by atoms with Gasteiger partial charge >= 0.3 is 0 Å². The third kappa shape index (κ3) is 2.29. The number of nitrogens with two attached hydrogens (primary N) is 1. The minimum atomic E-state index is -2.83. The number of anilines is 2. The van der Waals surface area contributed by atoms with Gasteiger partial charge in [0.2, 0.25) is 0 Å². The van der Waals surface area contributed by atoms with Gasteiger partial charge in [-0.05, 0) is 31.0 Å². The molecule has 5 heteroatoms. The molecule has 1 aromatic carbocycles. The summed E-state index contributed by atoms with van der Waals surface area (Å²) in [6.45, 7) is 1.93. The van der Waals surface area contributed by atoms with Crippen LogP contribution >= 0.6 is 0 Å². The molecule has 16 heavy (non-hydrogen) atoms. The molecule has 1 aliphatic rings. The van der Waals surface area contributed by atoms with Crippen LogP contribution in [0, 0.1) is 6.92 Å². The molecule has 2 rings (SSSR count). The summed E-state index contributed by atoms with van der Waals surface area (Å²) in [4.78, 5) is 0. The highest BCUT2D eigenvalue weighted by molar-refractivity contribution is 7.91. The first-order valence-corrected chi connectivity index (χ1v) is 7.12. The Kier molecular flexibility index (Phi) is 2.80. The van der Waals surface area contributed by atoms with E-state index in [2.05, 4.69) is 5.32 Å². The van der Waals surface area contributed by atoms with Crippen LogP contribution in [0.25, 0.3) is 0 Å². The van der Waals surface area contributed by atoms with Gasteiger partial charge in [-0.1, -0.05) is 6.07 Å². The standard InChI is InChI=1S/C11H16N2O2S/c1-8-10(12)3-2-4-11(8)13-9-5-6-16(14,15)7-9/h2-4,9,13H,5-7,12H2,1H3. The average Bonchev–Trinajstić information content (AvgIpc) is 2.53. The molecule has 0 amide bonds. The van der Waals surface area contributed by atoms with Crippen molar-refractivity contribution >= 4 is 21.2 Å². The smallest absolute Gasteiger partial charge is 0.152 e. The fraction of sp³-hybridized carbons (Fsp3) is 0.455. The molecule has 88 valence electrons. The van der Waals surface area contributed by atoms with Crippen LogP contribution in [0.4, 0.5) is 11.4 Å². The topological polar surface area (TPSA) is 72.2 Å². The second kappa shape index (κ2) is 3.97. The fourth-order valence-electron chi connectivity index (χ4n) is 1.94. The molecule has 3 N–H and O–H groups in total. The predicted molar refractivity (Wildman–Crippen MR) is 66.3 cm³/mol. The van der Waals surface area contributed by atoms with Gasteiger partial charge in [0.25, 0.3) is 0 Å². The summed E-state index contributed by atoms with van der Waals surface area (Å²) in [7, 11) is -2.83. The Balaban J connectivity index is 2.14. The van der Waals surface area contributed by atoms with Crippen LogP contribution in [0.3, 0.4) is 0 Å². The third-order valence-electron chi connectivity index (χ3n) is 2.97. The van der Waals surface area contributed by atoms with E-state index in [-0.39, 0.29) is 17.5 Å². The fourth-order valence-corrected chi connectivity index (χ4v) is 3.61. The van der Waals surface area contributed by atoms with Crippen molar-refractivity contribution in [2.75, 3.05) is 22.6 Å². The van der Waals surface area contributed by atoms with Crippen LogP contribution in [0.15, 0.2) is 18.2 Å². The van der Waals surface area contributed by atoms with Gasteiger partial charge in [0.1, 0.15) is 0 Å². The molecule has 0 spiro atoms. The molecule has 1 atom stereocenters. The van der Waals surface area contributed by atoms with E-state index in [9.17, 15) is 8.42 Å². The van der Waals surface area contributed by atoms with Crippen molar-refractivity contribution in [3.8, 4) is 0 Å². The van der Waals surface area contributed by atoms with Crippen LogP contribution in [0.1, 0.15) is 12.0 Å². The first-order chi connectivity index (χ1) is 7.48. The van der Waals surface area contributed by atoms with E-state index in [1.54, 1.807) is 0 Å². The lowest BCUT2D eigenvalue weighted by molar-refractivity contribution is 0.602. The minimum Gasteiger partial charge on any atom is -0.398 e. The van der Waals surface area contributed by atoms with E-state index in [0.717, 1.165) is 16.9 Å². The lowest BCUT2D eigenvalue weighted by atomic mass is 10.1. The number of sulfone groups is 1. The van der Waals surface area contributed by atoms with Gasteiger partial charge in [-0.15, -0.1) is 0 Å². The third-order valence-corrected chi connectivity index (χ3v) is 4.74. The molecule has 1 unspecified atom stereocenters. The first kappa shape index (κ1) is 11.3. The van der Waals surface area contributed by atoms with Crippen molar-refractivity contribution < 1.29 is 8.42 Å². The highest BCUT2D eigenvalue weighted by Gasteiger charge is 2.27. The van der Waals surface area contributed by atoms with Gasteiger partial charge in [0.15, 0.2) is 9.84 Å². The number of benzene rings is 1. The number of nitrogens with one attached hydrogen (secondary N) is 1. The van der Waals surface area contributed by atoms with E-state index in [4.69, 9.17) is 5.73 Å². The van der Waals surface area contributed by atoms with Crippen molar-refractivity contribution in [1.29, 1.82) is 0 Å². The Labute approximate surface area is 95.8 Å². The van der Waals surface area contributed by atoms with E-state index in [1.165, 1.54) is 0 Å². The van der Waals surface area contributed by atoms with E-state index in [1.807, 2.05) is 25.1 Å². The molecule has 1 heterocycles. The molecule has 4 nitrogen and oxygen atoms in total. The van der Waals surface area contributed by atoms with Gasteiger partial charge in [-0.3, -0.25) is 0 Å².